The summed E-state index contributed by atoms with van der Waals surface area (Å²) in [5, 5.41) is 9.60. The van der Waals surface area contributed by atoms with Crippen molar-refractivity contribution in [3.63, 3.8) is 0 Å². The molecule has 0 heterocycles. The van der Waals surface area contributed by atoms with Crippen LogP contribution in [0.3, 0.4) is 0 Å². The molecule has 5 heteroatoms. The second-order valence-electron chi connectivity index (χ2n) is 5.28. The first-order valence-electron chi connectivity index (χ1n) is 6.06. The van der Waals surface area contributed by atoms with Crippen molar-refractivity contribution in [2.24, 2.45) is 11.8 Å². The van der Waals surface area contributed by atoms with Gasteiger partial charge in [-0.3, -0.25) is 0 Å². The molecule has 1 aliphatic rings. The van der Waals surface area contributed by atoms with Gasteiger partial charge in [0.1, 0.15) is 5.67 Å². The molecule has 0 aliphatic heterocycles. The summed E-state index contributed by atoms with van der Waals surface area (Å²) in [4.78, 5) is 0. The minimum Gasteiger partial charge on any atom is -0.380 e. The Bertz CT molecular complexity index is 274. The van der Waals surface area contributed by atoms with Crippen LogP contribution in [-0.2, 0) is 0 Å². The van der Waals surface area contributed by atoms with Gasteiger partial charge < -0.3 is 5.11 Å². The minimum atomic E-state index is -4.70. The summed E-state index contributed by atoms with van der Waals surface area (Å²) < 4.78 is 52.5. The van der Waals surface area contributed by atoms with Crippen LogP contribution in [-0.4, -0.2) is 22.6 Å². The van der Waals surface area contributed by atoms with Gasteiger partial charge in [-0.05, 0) is 38.0 Å². The van der Waals surface area contributed by atoms with E-state index in [1.165, 1.54) is 0 Å². The fraction of sp³-hybridized carbons (Fsp3) is 1.00. The highest BCUT2D eigenvalue weighted by Gasteiger charge is 2.60. The maximum atomic E-state index is 14.4. The molecule has 0 spiro atoms. The fourth-order valence-corrected chi connectivity index (χ4v) is 2.84. The van der Waals surface area contributed by atoms with Crippen LogP contribution in [0.5, 0.6) is 0 Å². The van der Waals surface area contributed by atoms with Crippen molar-refractivity contribution < 1.29 is 22.7 Å². The van der Waals surface area contributed by atoms with Crippen LogP contribution in [0, 0.1) is 11.8 Å². The first-order valence-corrected chi connectivity index (χ1v) is 6.06. The average molecular weight is 256 g/mol. The molecule has 1 saturated carbocycles. The number of alkyl halides is 4. The van der Waals surface area contributed by atoms with Gasteiger partial charge in [0.15, 0.2) is 5.60 Å². The molecular weight excluding hydrogens is 236 g/mol. The summed E-state index contributed by atoms with van der Waals surface area (Å²) in [5.74, 6) is -1.43. The largest absolute Gasteiger partial charge is 0.417 e. The van der Waals surface area contributed by atoms with Gasteiger partial charge in [0, 0.05) is 0 Å². The molecule has 1 nitrogen and oxygen atoms in total. The third-order valence-corrected chi connectivity index (χ3v) is 4.34. The van der Waals surface area contributed by atoms with Crippen LogP contribution in [0.25, 0.3) is 0 Å². The normalized spacial score (nSPS) is 38.1. The molecule has 0 bridgehead atoms. The lowest BCUT2D eigenvalue weighted by Gasteiger charge is -2.32. The maximum Gasteiger partial charge on any atom is 0.417 e. The summed E-state index contributed by atoms with van der Waals surface area (Å²) in [6.45, 7) is 4.18. The van der Waals surface area contributed by atoms with E-state index in [2.05, 4.69) is 0 Å². The third-order valence-electron chi connectivity index (χ3n) is 4.34. The van der Waals surface area contributed by atoms with E-state index in [1.807, 2.05) is 0 Å². The van der Waals surface area contributed by atoms with Gasteiger partial charge in [0.2, 0.25) is 0 Å². The lowest BCUT2D eigenvalue weighted by atomic mass is 9.85. The summed E-state index contributed by atoms with van der Waals surface area (Å²) in [6, 6.07) is 0. The highest BCUT2D eigenvalue weighted by atomic mass is 19.4. The van der Waals surface area contributed by atoms with Crippen molar-refractivity contribution in [1.29, 1.82) is 0 Å². The Labute approximate surface area is 99.2 Å². The van der Waals surface area contributed by atoms with Crippen LogP contribution < -0.4 is 0 Å². The zero-order chi connectivity index (χ0) is 13.5. The number of halogens is 4. The van der Waals surface area contributed by atoms with Gasteiger partial charge in [-0.2, -0.15) is 13.2 Å². The molecule has 1 aliphatic carbocycles. The van der Waals surface area contributed by atoms with Crippen molar-refractivity contribution in [3.05, 3.63) is 0 Å². The fourth-order valence-electron chi connectivity index (χ4n) is 2.84. The van der Waals surface area contributed by atoms with Crippen LogP contribution in [0.15, 0.2) is 0 Å². The Morgan fingerprint density at radius 1 is 1.29 bits per heavy atom. The van der Waals surface area contributed by atoms with Crippen molar-refractivity contribution in [3.8, 4) is 0 Å². The molecule has 0 saturated heterocycles. The predicted octanol–water partition coefficient (Wildman–Crippen LogP) is 3.85. The summed E-state index contributed by atoms with van der Waals surface area (Å²) >= 11 is 0. The maximum absolute atomic E-state index is 14.4. The summed E-state index contributed by atoms with van der Waals surface area (Å²) in [6.07, 6.45) is -4.08. The molecule has 17 heavy (non-hydrogen) atoms. The Morgan fingerprint density at radius 2 is 1.82 bits per heavy atom. The van der Waals surface area contributed by atoms with E-state index in [0.29, 0.717) is 6.42 Å². The van der Waals surface area contributed by atoms with E-state index >= 15 is 0 Å². The molecule has 4 unspecified atom stereocenters. The van der Waals surface area contributed by atoms with Crippen LogP contribution in [0.1, 0.15) is 46.5 Å². The smallest absolute Gasteiger partial charge is 0.380 e. The number of hydrogen-bond acceptors (Lipinski definition) is 1. The van der Waals surface area contributed by atoms with Gasteiger partial charge in [-0.1, -0.05) is 20.3 Å². The average Bonchev–Trinajstić information content (AvgIpc) is 2.55. The minimum absolute atomic E-state index is 0.105. The summed E-state index contributed by atoms with van der Waals surface area (Å²) in [7, 11) is 0. The van der Waals surface area contributed by atoms with Gasteiger partial charge in [-0.15, -0.1) is 0 Å². The quantitative estimate of drug-likeness (QED) is 0.760. The molecule has 102 valence electrons. The van der Waals surface area contributed by atoms with Gasteiger partial charge in [-0.25, -0.2) is 4.39 Å². The van der Waals surface area contributed by atoms with E-state index in [-0.39, 0.29) is 25.2 Å². The van der Waals surface area contributed by atoms with Crippen molar-refractivity contribution in [1.82, 2.24) is 0 Å². The first-order chi connectivity index (χ1) is 7.58. The lowest BCUT2D eigenvalue weighted by Crippen LogP contribution is -2.48. The van der Waals surface area contributed by atoms with Gasteiger partial charge in [0.25, 0.3) is 0 Å². The number of rotatable bonds is 3. The number of hydrogen-bond donors (Lipinski definition) is 1. The zero-order valence-corrected chi connectivity index (χ0v) is 10.4. The molecule has 0 radical (unpaired) electrons. The van der Waals surface area contributed by atoms with E-state index in [0.717, 1.165) is 6.92 Å². The standard InChI is InChI=1S/C12H20F4O/c1-4-8-6-9(7-11(8,13)5-2)10(3,17)12(14,15)16/h8-9,17H,4-7H2,1-3H3. The monoisotopic (exact) mass is 256 g/mol. The molecule has 0 aromatic rings. The highest BCUT2D eigenvalue weighted by molar-refractivity contribution is 5.03. The second kappa shape index (κ2) is 4.41. The third kappa shape index (κ3) is 2.44. The van der Waals surface area contributed by atoms with Crippen LogP contribution in [0.4, 0.5) is 17.6 Å². The lowest BCUT2D eigenvalue weighted by molar-refractivity contribution is -0.272. The van der Waals surface area contributed by atoms with Crippen LogP contribution >= 0.6 is 0 Å². The van der Waals surface area contributed by atoms with E-state index in [1.54, 1.807) is 13.8 Å². The molecule has 0 aromatic carbocycles. The second-order valence-corrected chi connectivity index (χ2v) is 5.28. The number of aliphatic hydroxyl groups is 1. The first kappa shape index (κ1) is 14.7. The summed E-state index contributed by atoms with van der Waals surface area (Å²) in [5.41, 5.74) is -4.35. The Morgan fingerprint density at radius 3 is 2.12 bits per heavy atom. The van der Waals surface area contributed by atoms with E-state index < -0.39 is 23.4 Å². The van der Waals surface area contributed by atoms with Gasteiger partial charge in [0.05, 0.1) is 0 Å². The van der Waals surface area contributed by atoms with Crippen LogP contribution in [0.2, 0.25) is 0 Å². The van der Waals surface area contributed by atoms with Crippen molar-refractivity contribution in [2.45, 2.75) is 63.9 Å². The van der Waals surface area contributed by atoms with Crippen molar-refractivity contribution in [2.75, 3.05) is 0 Å². The molecule has 0 aromatic heterocycles. The van der Waals surface area contributed by atoms with E-state index in [4.69, 9.17) is 0 Å². The highest BCUT2D eigenvalue weighted by Crippen LogP contribution is 2.53. The Hall–Kier alpha value is -0.320. The SMILES string of the molecule is CCC1CC(C(C)(O)C(F)(F)F)CC1(F)CC. The Kier molecular flexibility index (Phi) is 3.82. The molecule has 1 fully saturated rings. The molecular formula is C12H20F4O. The molecule has 1 rings (SSSR count). The van der Waals surface area contributed by atoms with Gasteiger partial charge >= 0.3 is 6.18 Å². The zero-order valence-electron chi connectivity index (χ0n) is 10.4. The Balaban J connectivity index is 2.91. The molecule has 4 atom stereocenters. The predicted molar refractivity (Wildman–Crippen MR) is 57.3 cm³/mol. The molecule has 0 amide bonds. The molecule has 1 N–H and O–H groups in total. The van der Waals surface area contributed by atoms with Crippen molar-refractivity contribution >= 4 is 0 Å². The van der Waals surface area contributed by atoms with E-state index in [9.17, 15) is 22.7 Å². The topological polar surface area (TPSA) is 20.2 Å².